The summed E-state index contributed by atoms with van der Waals surface area (Å²) in [6, 6.07) is 15.7. The van der Waals surface area contributed by atoms with Gasteiger partial charge in [-0.1, -0.05) is 30.3 Å². The molecule has 26 heavy (non-hydrogen) atoms. The van der Waals surface area contributed by atoms with Gasteiger partial charge < -0.3 is 19.7 Å². The summed E-state index contributed by atoms with van der Waals surface area (Å²) in [6.45, 7) is 0.528. The summed E-state index contributed by atoms with van der Waals surface area (Å²) in [5.74, 6) is 1.22. The lowest BCUT2D eigenvalue weighted by molar-refractivity contribution is -0.116. The monoisotopic (exact) mass is 354 g/mol. The highest BCUT2D eigenvalue weighted by molar-refractivity contribution is 5.92. The van der Waals surface area contributed by atoms with Crippen LogP contribution in [0.15, 0.2) is 54.6 Å². The molecule has 0 aliphatic heterocycles. The number of hydrogen-bond acceptors (Lipinski definition) is 4. The van der Waals surface area contributed by atoms with Crippen LogP contribution in [0.25, 0.3) is 6.08 Å². The number of nitrogens with zero attached hydrogens (tertiary/aromatic N) is 1. The summed E-state index contributed by atoms with van der Waals surface area (Å²) in [6.07, 6.45) is 3.25. The SMILES string of the molecule is COc1ccc(C=CC(=O)NCC(c2ccccc2)N(C)C)c(OC)c1. The fraction of sp³-hybridized carbons (Fsp3) is 0.286. The number of nitrogens with one attached hydrogen (secondary N) is 1. The Morgan fingerprint density at radius 3 is 2.46 bits per heavy atom. The van der Waals surface area contributed by atoms with Crippen molar-refractivity contribution in [1.82, 2.24) is 10.2 Å². The Balaban J connectivity index is 2.00. The Labute approximate surface area is 155 Å². The summed E-state index contributed by atoms with van der Waals surface area (Å²) in [5, 5.41) is 2.96. The molecule has 1 N–H and O–H groups in total. The number of carbonyl (C=O) groups is 1. The molecule has 2 rings (SSSR count). The zero-order chi connectivity index (χ0) is 18.9. The topological polar surface area (TPSA) is 50.8 Å². The van der Waals surface area contributed by atoms with E-state index in [-0.39, 0.29) is 11.9 Å². The number of amides is 1. The van der Waals surface area contributed by atoms with Crippen LogP contribution in [0.5, 0.6) is 11.5 Å². The highest BCUT2D eigenvalue weighted by atomic mass is 16.5. The highest BCUT2D eigenvalue weighted by Crippen LogP contribution is 2.25. The second kappa shape index (κ2) is 9.63. The van der Waals surface area contributed by atoms with Gasteiger partial charge in [0.1, 0.15) is 11.5 Å². The first-order chi connectivity index (χ1) is 12.5. The van der Waals surface area contributed by atoms with E-state index in [1.807, 2.05) is 44.4 Å². The smallest absolute Gasteiger partial charge is 0.244 e. The standard InChI is InChI=1S/C21H26N2O3/c1-23(2)19(16-8-6-5-7-9-16)15-22-21(24)13-11-17-10-12-18(25-3)14-20(17)26-4/h5-14,19H,15H2,1-4H3,(H,22,24). The summed E-state index contributed by atoms with van der Waals surface area (Å²) < 4.78 is 10.5. The van der Waals surface area contributed by atoms with Crippen molar-refractivity contribution in [3.63, 3.8) is 0 Å². The first-order valence-corrected chi connectivity index (χ1v) is 8.44. The van der Waals surface area contributed by atoms with Crippen LogP contribution in [0.1, 0.15) is 17.2 Å². The zero-order valence-corrected chi connectivity index (χ0v) is 15.7. The second-order valence-corrected chi connectivity index (χ2v) is 6.08. The predicted molar refractivity (Wildman–Crippen MR) is 104 cm³/mol. The van der Waals surface area contributed by atoms with Gasteiger partial charge in [-0.25, -0.2) is 0 Å². The lowest BCUT2D eigenvalue weighted by Crippen LogP contribution is -2.33. The third-order valence-corrected chi connectivity index (χ3v) is 4.13. The number of likely N-dealkylation sites (N-methyl/N-ethyl adjacent to an activating group) is 1. The molecule has 0 aromatic heterocycles. The maximum Gasteiger partial charge on any atom is 0.244 e. The molecule has 0 fully saturated rings. The molecule has 0 bridgehead atoms. The van der Waals surface area contributed by atoms with Gasteiger partial charge >= 0.3 is 0 Å². The molecule has 0 saturated heterocycles. The molecule has 5 nitrogen and oxygen atoms in total. The van der Waals surface area contributed by atoms with Crippen LogP contribution in [0, 0.1) is 0 Å². The number of rotatable bonds is 8. The third-order valence-electron chi connectivity index (χ3n) is 4.13. The summed E-state index contributed by atoms with van der Waals surface area (Å²) in [7, 11) is 7.20. The van der Waals surface area contributed by atoms with E-state index < -0.39 is 0 Å². The number of benzene rings is 2. The number of hydrogen-bond donors (Lipinski definition) is 1. The average Bonchev–Trinajstić information content (AvgIpc) is 2.66. The van der Waals surface area contributed by atoms with Gasteiger partial charge in [-0.3, -0.25) is 4.79 Å². The fourth-order valence-electron chi connectivity index (χ4n) is 2.65. The van der Waals surface area contributed by atoms with Crippen LogP contribution < -0.4 is 14.8 Å². The Kier molecular flexibility index (Phi) is 7.24. The van der Waals surface area contributed by atoms with Gasteiger partial charge in [0, 0.05) is 24.3 Å². The van der Waals surface area contributed by atoms with Crippen molar-refractivity contribution in [3.8, 4) is 11.5 Å². The third kappa shape index (κ3) is 5.36. The van der Waals surface area contributed by atoms with E-state index in [2.05, 4.69) is 22.3 Å². The maximum absolute atomic E-state index is 12.2. The molecule has 2 aromatic carbocycles. The molecule has 0 radical (unpaired) electrons. The number of methoxy groups -OCH3 is 2. The van der Waals surface area contributed by atoms with Gasteiger partial charge in [0.05, 0.1) is 20.3 Å². The van der Waals surface area contributed by atoms with Gasteiger partial charge in [0.15, 0.2) is 0 Å². The van der Waals surface area contributed by atoms with E-state index in [0.29, 0.717) is 18.0 Å². The molecular formula is C21H26N2O3. The number of carbonyl (C=O) groups excluding carboxylic acids is 1. The van der Waals surface area contributed by atoms with Crippen molar-refractivity contribution in [1.29, 1.82) is 0 Å². The Hall–Kier alpha value is -2.79. The van der Waals surface area contributed by atoms with Crippen LogP contribution in [-0.2, 0) is 4.79 Å². The first kappa shape index (κ1) is 19.5. The molecule has 138 valence electrons. The maximum atomic E-state index is 12.2. The van der Waals surface area contributed by atoms with Crippen LogP contribution >= 0.6 is 0 Å². The summed E-state index contributed by atoms with van der Waals surface area (Å²) in [5.41, 5.74) is 1.98. The molecule has 5 heteroatoms. The van der Waals surface area contributed by atoms with E-state index in [1.165, 1.54) is 11.6 Å². The minimum Gasteiger partial charge on any atom is -0.497 e. The number of ether oxygens (including phenoxy) is 2. The van der Waals surface area contributed by atoms with Crippen LogP contribution in [0.4, 0.5) is 0 Å². The van der Waals surface area contributed by atoms with E-state index in [4.69, 9.17) is 9.47 Å². The van der Waals surface area contributed by atoms with Crippen molar-refractivity contribution in [2.24, 2.45) is 0 Å². The molecule has 0 aliphatic carbocycles. The predicted octanol–water partition coefficient (Wildman–Crippen LogP) is 3.14. The minimum absolute atomic E-state index is 0.115. The van der Waals surface area contributed by atoms with Crippen molar-refractivity contribution >= 4 is 12.0 Å². The summed E-state index contributed by atoms with van der Waals surface area (Å²) >= 11 is 0. The fourth-order valence-corrected chi connectivity index (χ4v) is 2.65. The van der Waals surface area contributed by atoms with Gasteiger partial charge in [-0.2, -0.15) is 0 Å². The van der Waals surface area contributed by atoms with Crippen molar-refractivity contribution in [2.75, 3.05) is 34.9 Å². The van der Waals surface area contributed by atoms with Gasteiger partial charge in [-0.05, 0) is 37.9 Å². The largest absolute Gasteiger partial charge is 0.497 e. The quantitative estimate of drug-likeness (QED) is 0.740. The molecule has 0 heterocycles. The zero-order valence-electron chi connectivity index (χ0n) is 15.7. The summed E-state index contributed by atoms with van der Waals surface area (Å²) in [4.78, 5) is 14.3. The second-order valence-electron chi connectivity index (χ2n) is 6.08. The van der Waals surface area contributed by atoms with Crippen LogP contribution in [-0.4, -0.2) is 45.7 Å². The Morgan fingerprint density at radius 1 is 1.12 bits per heavy atom. The molecule has 2 aromatic rings. The lowest BCUT2D eigenvalue weighted by atomic mass is 10.1. The molecule has 1 amide bonds. The van der Waals surface area contributed by atoms with Crippen LogP contribution in [0.3, 0.4) is 0 Å². The molecular weight excluding hydrogens is 328 g/mol. The van der Waals surface area contributed by atoms with E-state index in [1.54, 1.807) is 26.4 Å². The average molecular weight is 354 g/mol. The van der Waals surface area contributed by atoms with E-state index in [9.17, 15) is 4.79 Å². The van der Waals surface area contributed by atoms with E-state index in [0.717, 1.165) is 5.56 Å². The van der Waals surface area contributed by atoms with Gasteiger partial charge in [0.25, 0.3) is 0 Å². The molecule has 0 aliphatic rings. The molecule has 1 unspecified atom stereocenters. The van der Waals surface area contributed by atoms with Crippen molar-refractivity contribution in [3.05, 3.63) is 65.7 Å². The van der Waals surface area contributed by atoms with Crippen LogP contribution in [0.2, 0.25) is 0 Å². The van der Waals surface area contributed by atoms with Gasteiger partial charge in [0.2, 0.25) is 5.91 Å². The highest BCUT2D eigenvalue weighted by Gasteiger charge is 2.14. The normalized spacial score (nSPS) is 12.2. The van der Waals surface area contributed by atoms with Gasteiger partial charge in [-0.15, -0.1) is 0 Å². The molecule has 0 spiro atoms. The Bertz CT molecular complexity index is 742. The molecule has 1 atom stereocenters. The van der Waals surface area contributed by atoms with Crippen molar-refractivity contribution in [2.45, 2.75) is 6.04 Å². The van der Waals surface area contributed by atoms with E-state index >= 15 is 0 Å². The lowest BCUT2D eigenvalue weighted by Gasteiger charge is -2.24. The van der Waals surface area contributed by atoms with Crippen molar-refractivity contribution < 1.29 is 14.3 Å². The minimum atomic E-state index is -0.148. The first-order valence-electron chi connectivity index (χ1n) is 8.44. The Morgan fingerprint density at radius 2 is 1.85 bits per heavy atom. The molecule has 0 saturated carbocycles.